The highest BCUT2D eigenvalue weighted by atomic mass is 16.6. The van der Waals surface area contributed by atoms with Crippen LogP contribution in [0.2, 0.25) is 0 Å². The third-order valence-corrected chi connectivity index (χ3v) is 3.07. The lowest BCUT2D eigenvalue weighted by atomic mass is 10.1. The molecule has 0 unspecified atom stereocenters. The minimum Gasteiger partial charge on any atom is -0.478 e. The molecule has 1 aromatic heterocycles. The zero-order valence-electron chi connectivity index (χ0n) is 12.2. The van der Waals surface area contributed by atoms with Crippen molar-refractivity contribution in [3.05, 3.63) is 51.2 Å². The van der Waals surface area contributed by atoms with Crippen LogP contribution >= 0.6 is 0 Å². The molecule has 2 rings (SSSR count). The molecule has 120 valence electrons. The van der Waals surface area contributed by atoms with Crippen LogP contribution in [0, 0.1) is 17.0 Å². The quantitative estimate of drug-likeness (QED) is 0.553. The molecule has 0 fully saturated rings. The maximum absolute atomic E-state index is 12.1. The standard InChI is InChI=1S/C13H13N5O5/c1-7-10(18(22)23)11(17(2)16-7)14-15-12(19)8-5-3-4-6-9(8)13(20)21/h3-6,14H,1-2H3,(H,15,19)(H,20,21). The Bertz CT molecular complexity index is 798. The van der Waals surface area contributed by atoms with Gasteiger partial charge in [-0.25, -0.2) is 9.48 Å². The van der Waals surface area contributed by atoms with Crippen LogP contribution in [0.25, 0.3) is 0 Å². The highest BCUT2D eigenvalue weighted by molar-refractivity contribution is 6.05. The fraction of sp³-hybridized carbons (Fsp3) is 0.154. The number of anilines is 1. The van der Waals surface area contributed by atoms with Crippen LogP contribution in [-0.4, -0.2) is 31.7 Å². The predicted octanol–water partition coefficient (Wildman–Crippen LogP) is 1.09. The molecule has 0 bridgehead atoms. The molecular weight excluding hydrogens is 306 g/mol. The van der Waals surface area contributed by atoms with E-state index in [1.54, 1.807) is 0 Å². The zero-order valence-corrected chi connectivity index (χ0v) is 12.2. The predicted molar refractivity (Wildman–Crippen MR) is 79.1 cm³/mol. The Balaban J connectivity index is 2.24. The molecule has 0 saturated carbocycles. The summed E-state index contributed by atoms with van der Waals surface area (Å²) in [7, 11) is 1.47. The second kappa shape index (κ2) is 6.13. The monoisotopic (exact) mass is 319 g/mol. The van der Waals surface area contributed by atoms with Crippen molar-refractivity contribution in [3.63, 3.8) is 0 Å². The topological polar surface area (TPSA) is 139 Å². The van der Waals surface area contributed by atoms with Gasteiger partial charge in [0.1, 0.15) is 5.69 Å². The van der Waals surface area contributed by atoms with E-state index in [9.17, 15) is 19.7 Å². The summed E-state index contributed by atoms with van der Waals surface area (Å²) in [5, 5.41) is 24.0. The van der Waals surface area contributed by atoms with Crippen LogP contribution in [0.5, 0.6) is 0 Å². The van der Waals surface area contributed by atoms with Gasteiger partial charge < -0.3 is 5.11 Å². The van der Waals surface area contributed by atoms with E-state index in [1.807, 2.05) is 0 Å². The van der Waals surface area contributed by atoms with E-state index in [4.69, 9.17) is 5.11 Å². The first-order valence-electron chi connectivity index (χ1n) is 6.39. The molecule has 3 N–H and O–H groups in total. The van der Waals surface area contributed by atoms with Crippen LogP contribution in [0.1, 0.15) is 26.4 Å². The van der Waals surface area contributed by atoms with Gasteiger partial charge in [0, 0.05) is 7.05 Å². The lowest BCUT2D eigenvalue weighted by Gasteiger charge is -2.09. The van der Waals surface area contributed by atoms with Crippen molar-refractivity contribution >= 4 is 23.4 Å². The van der Waals surface area contributed by atoms with E-state index >= 15 is 0 Å². The molecule has 2 aromatic rings. The van der Waals surface area contributed by atoms with Crippen LogP contribution < -0.4 is 10.9 Å². The first-order valence-corrected chi connectivity index (χ1v) is 6.39. The van der Waals surface area contributed by atoms with E-state index < -0.39 is 16.8 Å². The number of hydrogen-bond donors (Lipinski definition) is 3. The number of amides is 1. The molecule has 0 aliphatic heterocycles. The van der Waals surface area contributed by atoms with Gasteiger partial charge in [-0.2, -0.15) is 5.10 Å². The molecule has 1 heterocycles. The molecule has 0 aliphatic rings. The average molecular weight is 319 g/mol. The van der Waals surface area contributed by atoms with Crippen molar-refractivity contribution in [2.75, 3.05) is 5.43 Å². The van der Waals surface area contributed by atoms with Crippen molar-refractivity contribution in [2.24, 2.45) is 7.05 Å². The number of aromatic nitrogens is 2. The first-order chi connectivity index (χ1) is 10.8. The Morgan fingerprint density at radius 3 is 2.48 bits per heavy atom. The van der Waals surface area contributed by atoms with Gasteiger partial charge in [-0.1, -0.05) is 12.1 Å². The van der Waals surface area contributed by atoms with Gasteiger partial charge in [-0.15, -0.1) is 0 Å². The second-order valence-electron chi connectivity index (χ2n) is 4.59. The van der Waals surface area contributed by atoms with Gasteiger partial charge in [0.05, 0.1) is 16.1 Å². The highest BCUT2D eigenvalue weighted by Crippen LogP contribution is 2.26. The van der Waals surface area contributed by atoms with Gasteiger partial charge in [0.15, 0.2) is 0 Å². The smallest absolute Gasteiger partial charge is 0.336 e. The molecule has 10 heteroatoms. The Kier molecular flexibility index (Phi) is 4.25. The Morgan fingerprint density at radius 1 is 1.30 bits per heavy atom. The van der Waals surface area contributed by atoms with Gasteiger partial charge in [-0.05, 0) is 19.1 Å². The van der Waals surface area contributed by atoms with Crippen molar-refractivity contribution < 1.29 is 19.6 Å². The summed E-state index contributed by atoms with van der Waals surface area (Å²) in [5.41, 5.74) is 4.31. The third kappa shape index (κ3) is 3.10. The Hall–Kier alpha value is -3.43. The lowest BCUT2D eigenvalue weighted by Crippen LogP contribution is -2.31. The molecule has 0 radical (unpaired) electrons. The van der Waals surface area contributed by atoms with Crippen molar-refractivity contribution in [3.8, 4) is 0 Å². The lowest BCUT2D eigenvalue weighted by molar-refractivity contribution is -0.384. The Morgan fingerprint density at radius 2 is 1.91 bits per heavy atom. The summed E-state index contributed by atoms with van der Waals surface area (Å²) in [4.78, 5) is 33.6. The van der Waals surface area contributed by atoms with E-state index in [2.05, 4.69) is 16.0 Å². The van der Waals surface area contributed by atoms with E-state index in [1.165, 1.54) is 42.9 Å². The summed E-state index contributed by atoms with van der Waals surface area (Å²) in [5.74, 6) is -2.01. The fourth-order valence-corrected chi connectivity index (χ4v) is 2.06. The largest absolute Gasteiger partial charge is 0.478 e. The van der Waals surface area contributed by atoms with Crippen molar-refractivity contribution in [1.29, 1.82) is 0 Å². The molecule has 0 atom stereocenters. The number of aromatic carboxylic acids is 1. The molecule has 0 saturated heterocycles. The van der Waals surface area contributed by atoms with E-state index in [0.717, 1.165) is 0 Å². The molecule has 0 spiro atoms. The van der Waals surface area contributed by atoms with Gasteiger partial charge in [-0.3, -0.25) is 25.8 Å². The van der Waals surface area contributed by atoms with E-state index in [0.29, 0.717) is 0 Å². The molecule has 10 nitrogen and oxygen atoms in total. The first kappa shape index (κ1) is 15.9. The minimum absolute atomic E-state index is 0.0198. The number of carbonyl (C=O) groups excluding carboxylic acids is 1. The maximum Gasteiger partial charge on any atom is 0.336 e. The summed E-state index contributed by atoms with van der Waals surface area (Å²) in [6, 6.07) is 5.62. The summed E-state index contributed by atoms with van der Waals surface area (Å²) in [6.45, 7) is 1.46. The van der Waals surface area contributed by atoms with Crippen molar-refractivity contribution in [2.45, 2.75) is 6.92 Å². The molecule has 0 aliphatic carbocycles. The van der Waals surface area contributed by atoms with Crippen LogP contribution in [0.4, 0.5) is 11.5 Å². The number of carboxylic acids is 1. The number of nitro groups is 1. The number of aryl methyl sites for hydroxylation is 2. The van der Waals surface area contributed by atoms with Gasteiger partial charge >= 0.3 is 11.7 Å². The number of hydrogen-bond acceptors (Lipinski definition) is 6. The number of carbonyl (C=O) groups is 2. The zero-order chi connectivity index (χ0) is 17.1. The molecule has 1 aromatic carbocycles. The van der Waals surface area contributed by atoms with Crippen LogP contribution in [-0.2, 0) is 7.05 Å². The third-order valence-electron chi connectivity index (χ3n) is 3.07. The number of benzene rings is 1. The summed E-state index contributed by atoms with van der Waals surface area (Å²) in [6.07, 6.45) is 0. The van der Waals surface area contributed by atoms with Crippen LogP contribution in [0.3, 0.4) is 0 Å². The summed E-state index contributed by atoms with van der Waals surface area (Å²) < 4.78 is 1.21. The second-order valence-corrected chi connectivity index (χ2v) is 4.59. The highest BCUT2D eigenvalue weighted by Gasteiger charge is 2.25. The summed E-state index contributed by atoms with van der Waals surface area (Å²) >= 11 is 0. The van der Waals surface area contributed by atoms with Gasteiger partial charge in [0.25, 0.3) is 5.91 Å². The van der Waals surface area contributed by atoms with Gasteiger partial charge in [0.2, 0.25) is 5.82 Å². The Labute approximate surface area is 129 Å². The molecule has 1 amide bonds. The number of rotatable bonds is 5. The SMILES string of the molecule is Cc1nn(C)c(NNC(=O)c2ccccc2C(=O)O)c1[N+](=O)[O-]. The fourth-order valence-electron chi connectivity index (χ4n) is 2.06. The molecular formula is C13H13N5O5. The average Bonchev–Trinajstić information content (AvgIpc) is 2.78. The maximum atomic E-state index is 12.1. The van der Waals surface area contributed by atoms with Crippen LogP contribution in [0.15, 0.2) is 24.3 Å². The van der Waals surface area contributed by atoms with E-state index in [-0.39, 0.29) is 28.3 Å². The normalized spacial score (nSPS) is 10.2. The number of nitrogens with one attached hydrogen (secondary N) is 2. The minimum atomic E-state index is -1.25. The number of hydrazine groups is 1. The molecule has 23 heavy (non-hydrogen) atoms. The van der Waals surface area contributed by atoms with Crippen molar-refractivity contribution in [1.82, 2.24) is 15.2 Å². The number of nitrogens with zero attached hydrogens (tertiary/aromatic N) is 3. The number of carboxylic acid groups (broad SMARTS) is 1.